The van der Waals surface area contributed by atoms with E-state index in [2.05, 4.69) is 27.7 Å². The largest absolute Gasteiger partial charge is 0.370 e. The molecule has 0 radical (unpaired) electrons. The van der Waals surface area contributed by atoms with Gasteiger partial charge in [0, 0.05) is 10.8 Å². The van der Waals surface area contributed by atoms with Crippen molar-refractivity contribution in [2.75, 3.05) is 39.6 Å². The number of rotatable bonds is 4. The summed E-state index contributed by atoms with van der Waals surface area (Å²) >= 11 is 0. The molecule has 8 nitrogen and oxygen atoms in total. The molecule has 4 fully saturated rings. The van der Waals surface area contributed by atoms with E-state index in [1.807, 2.05) is 0 Å². The summed E-state index contributed by atoms with van der Waals surface area (Å²) in [5.74, 6) is 0. The number of fused-ring (bicyclic) bond motifs is 1. The van der Waals surface area contributed by atoms with Crippen LogP contribution in [0.4, 0.5) is 0 Å². The van der Waals surface area contributed by atoms with Gasteiger partial charge in [-0.15, -0.1) is 0 Å². The van der Waals surface area contributed by atoms with Gasteiger partial charge in [-0.2, -0.15) is 0 Å². The molecule has 4 heterocycles. The van der Waals surface area contributed by atoms with Crippen molar-refractivity contribution in [3.05, 3.63) is 0 Å². The van der Waals surface area contributed by atoms with Gasteiger partial charge in [0.25, 0.3) is 0 Å². The average molecular weight is 410 g/mol. The van der Waals surface area contributed by atoms with Gasteiger partial charge in [-0.25, -0.2) is 0 Å². The summed E-state index contributed by atoms with van der Waals surface area (Å²) in [6.45, 7) is 11.8. The molecule has 0 aromatic carbocycles. The van der Waals surface area contributed by atoms with Gasteiger partial charge in [0.15, 0.2) is 0 Å². The quantitative estimate of drug-likeness (QED) is 0.655. The molecule has 0 saturated carbocycles. The molecule has 4 rings (SSSR count). The van der Waals surface area contributed by atoms with Crippen molar-refractivity contribution in [3.8, 4) is 0 Å². The molecule has 0 aromatic heterocycles. The Kier molecular flexibility index (Phi) is 5.92. The summed E-state index contributed by atoms with van der Waals surface area (Å²) in [6.07, 6.45) is -0.775. The van der Waals surface area contributed by atoms with Crippen molar-refractivity contribution in [1.82, 2.24) is 0 Å². The zero-order chi connectivity index (χ0) is 18.4. The van der Waals surface area contributed by atoms with E-state index < -0.39 is 17.2 Å². The highest BCUT2D eigenvalue weighted by Gasteiger charge is 2.51. The van der Waals surface area contributed by atoms with E-state index in [-0.39, 0.29) is 35.2 Å². The first kappa shape index (κ1) is 19.8. The second-order valence-electron chi connectivity index (χ2n) is 8.75. The summed E-state index contributed by atoms with van der Waals surface area (Å²) in [5.41, 5.74) is 0.0485. The van der Waals surface area contributed by atoms with Gasteiger partial charge in [0.1, 0.15) is 24.4 Å². The van der Waals surface area contributed by atoms with Gasteiger partial charge in [-0.3, -0.25) is 0 Å². The van der Waals surface area contributed by atoms with E-state index in [4.69, 9.17) is 36.6 Å². The number of hydrogen-bond donors (Lipinski definition) is 0. The van der Waals surface area contributed by atoms with Crippen LogP contribution in [0.25, 0.3) is 0 Å². The van der Waals surface area contributed by atoms with Crippen LogP contribution in [-0.2, 0) is 36.6 Å². The fourth-order valence-electron chi connectivity index (χ4n) is 3.02. The lowest BCUT2D eigenvalue weighted by Crippen LogP contribution is -2.35. The molecule has 26 heavy (non-hydrogen) atoms. The normalized spacial score (nSPS) is 40.6. The highest BCUT2D eigenvalue weighted by molar-refractivity contribution is 7.42. The van der Waals surface area contributed by atoms with Crippen molar-refractivity contribution >= 4 is 17.2 Å². The summed E-state index contributed by atoms with van der Waals surface area (Å²) in [5, 5.41) is 0. The van der Waals surface area contributed by atoms with Crippen molar-refractivity contribution in [3.63, 3.8) is 0 Å². The van der Waals surface area contributed by atoms with E-state index in [0.717, 1.165) is 0 Å². The summed E-state index contributed by atoms with van der Waals surface area (Å²) in [7, 11) is -2.70. The summed E-state index contributed by atoms with van der Waals surface area (Å²) < 4.78 is 46.6. The van der Waals surface area contributed by atoms with Gasteiger partial charge < -0.3 is 36.6 Å². The third kappa shape index (κ3) is 4.57. The number of ether oxygens (including phenoxy) is 2. The van der Waals surface area contributed by atoms with Crippen molar-refractivity contribution in [2.45, 2.75) is 52.1 Å². The van der Waals surface area contributed by atoms with Crippen LogP contribution in [0.1, 0.15) is 27.7 Å². The van der Waals surface area contributed by atoms with E-state index in [0.29, 0.717) is 39.6 Å². The van der Waals surface area contributed by atoms with E-state index in [9.17, 15) is 0 Å². The molecule has 4 aliphatic rings. The van der Waals surface area contributed by atoms with Crippen LogP contribution in [0.5, 0.6) is 0 Å². The zero-order valence-corrected chi connectivity index (χ0v) is 17.5. The molecule has 4 saturated heterocycles. The van der Waals surface area contributed by atoms with Gasteiger partial charge in [-0.1, -0.05) is 27.7 Å². The molecule has 0 aliphatic carbocycles. The van der Waals surface area contributed by atoms with Crippen molar-refractivity contribution < 1.29 is 36.6 Å². The maximum atomic E-state index is 5.98. The standard InChI is InChI=1S/C16H28O8P2/c1-15(2)7-19-25(20-8-15)23-11-5-17-14-12(6-18-13(11)14)24-26-21-9-16(3,4)10-22-26/h11-14H,5-10H2,1-4H3. The van der Waals surface area contributed by atoms with Crippen LogP contribution < -0.4 is 0 Å². The first-order valence-electron chi connectivity index (χ1n) is 9.00. The lowest BCUT2D eigenvalue weighted by molar-refractivity contribution is -0.0263. The Morgan fingerprint density at radius 3 is 1.35 bits per heavy atom. The third-order valence-corrected chi connectivity index (χ3v) is 6.89. The summed E-state index contributed by atoms with van der Waals surface area (Å²) in [6, 6.07) is 0. The van der Waals surface area contributed by atoms with Crippen LogP contribution in [0.3, 0.4) is 0 Å². The highest BCUT2D eigenvalue weighted by Crippen LogP contribution is 2.52. The highest BCUT2D eigenvalue weighted by atomic mass is 31.2. The Hall–Kier alpha value is 0.540. The maximum Gasteiger partial charge on any atom is 0.333 e. The topological polar surface area (TPSA) is 73.8 Å². The van der Waals surface area contributed by atoms with E-state index in [1.165, 1.54) is 0 Å². The van der Waals surface area contributed by atoms with Gasteiger partial charge in [0.05, 0.1) is 39.6 Å². The van der Waals surface area contributed by atoms with Crippen molar-refractivity contribution in [1.29, 1.82) is 0 Å². The van der Waals surface area contributed by atoms with Gasteiger partial charge in [-0.05, 0) is 0 Å². The minimum absolute atomic E-state index is 0.0242. The van der Waals surface area contributed by atoms with Crippen molar-refractivity contribution in [2.24, 2.45) is 10.8 Å². The van der Waals surface area contributed by atoms with Crippen LogP contribution in [-0.4, -0.2) is 64.1 Å². The van der Waals surface area contributed by atoms with Gasteiger partial charge >= 0.3 is 17.2 Å². The molecule has 4 unspecified atom stereocenters. The molecule has 4 atom stereocenters. The second-order valence-corrected chi connectivity index (χ2v) is 11.1. The van der Waals surface area contributed by atoms with Crippen LogP contribution in [0, 0.1) is 10.8 Å². The minimum atomic E-state index is -1.35. The van der Waals surface area contributed by atoms with Crippen LogP contribution in [0.15, 0.2) is 0 Å². The zero-order valence-electron chi connectivity index (χ0n) is 15.7. The molecular weight excluding hydrogens is 382 g/mol. The Bertz CT molecular complexity index is 441. The molecule has 10 heteroatoms. The Balaban J connectivity index is 1.25. The SMILES string of the molecule is CC1(C)COP(OC2COC3C(OP4OCC(C)(C)CO4)COC23)OC1. The summed E-state index contributed by atoms with van der Waals surface area (Å²) in [4.78, 5) is 0. The van der Waals surface area contributed by atoms with Crippen LogP contribution >= 0.6 is 17.2 Å². The predicted octanol–water partition coefficient (Wildman–Crippen LogP) is 3.15. The molecule has 0 spiro atoms. The Morgan fingerprint density at radius 1 is 0.654 bits per heavy atom. The van der Waals surface area contributed by atoms with E-state index >= 15 is 0 Å². The first-order chi connectivity index (χ1) is 12.3. The minimum Gasteiger partial charge on any atom is -0.370 e. The Labute approximate surface area is 157 Å². The lowest BCUT2D eigenvalue weighted by Gasteiger charge is -2.34. The average Bonchev–Trinajstić information content (AvgIpc) is 3.15. The predicted molar refractivity (Wildman–Crippen MR) is 94.4 cm³/mol. The third-order valence-electron chi connectivity index (χ3n) is 4.65. The lowest BCUT2D eigenvalue weighted by atomic mass is 9.97. The first-order valence-corrected chi connectivity index (χ1v) is 11.2. The maximum absolute atomic E-state index is 5.98. The second kappa shape index (κ2) is 7.75. The fraction of sp³-hybridized carbons (Fsp3) is 1.00. The van der Waals surface area contributed by atoms with Crippen LogP contribution in [0.2, 0.25) is 0 Å². The molecular formula is C16H28O8P2. The number of hydrogen-bond acceptors (Lipinski definition) is 8. The van der Waals surface area contributed by atoms with E-state index in [1.54, 1.807) is 0 Å². The molecule has 0 bridgehead atoms. The fourth-order valence-corrected chi connectivity index (χ4v) is 6.04. The van der Waals surface area contributed by atoms with Gasteiger partial charge in [0.2, 0.25) is 0 Å². The molecule has 0 aromatic rings. The molecule has 0 amide bonds. The molecule has 150 valence electrons. The molecule has 4 aliphatic heterocycles. The monoisotopic (exact) mass is 410 g/mol. The smallest absolute Gasteiger partial charge is 0.333 e. The Morgan fingerprint density at radius 2 is 1.00 bits per heavy atom. The molecule has 0 N–H and O–H groups in total.